The zero-order valence-corrected chi connectivity index (χ0v) is 11.1. The lowest BCUT2D eigenvalue weighted by Crippen LogP contribution is -2.05. The van der Waals surface area contributed by atoms with Crippen molar-refractivity contribution in [2.24, 2.45) is 0 Å². The zero-order chi connectivity index (χ0) is 13.9. The zero-order valence-electron chi connectivity index (χ0n) is 11.1. The number of aromatic nitrogens is 2. The number of carbonyl (C=O) groups is 1. The van der Waals surface area contributed by atoms with E-state index in [0.29, 0.717) is 12.2 Å². The lowest BCUT2D eigenvalue weighted by atomic mass is 10.2. The molecule has 4 heteroatoms. The van der Waals surface area contributed by atoms with Gasteiger partial charge in [-0.15, -0.1) is 0 Å². The molecule has 0 saturated carbocycles. The van der Waals surface area contributed by atoms with Gasteiger partial charge in [0.1, 0.15) is 11.6 Å². The second-order valence-corrected chi connectivity index (χ2v) is 4.46. The van der Waals surface area contributed by atoms with Crippen molar-refractivity contribution in [3.63, 3.8) is 0 Å². The van der Waals surface area contributed by atoms with E-state index in [0.717, 1.165) is 22.4 Å². The average molecular weight is 266 g/mol. The van der Waals surface area contributed by atoms with Crippen LogP contribution in [-0.4, -0.2) is 15.9 Å². The molecule has 0 aliphatic rings. The molecule has 1 N–H and O–H groups in total. The number of esters is 1. The minimum atomic E-state index is -0.243. The number of hydrogen-bond acceptors (Lipinski definition) is 3. The Morgan fingerprint density at radius 1 is 1.20 bits per heavy atom. The van der Waals surface area contributed by atoms with Crippen molar-refractivity contribution >= 4 is 17.0 Å². The molecule has 0 aliphatic carbocycles. The molecule has 0 unspecified atom stereocenters. The van der Waals surface area contributed by atoms with Crippen LogP contribution in [0.15, 0.2) is 48.5 Å². The van der Waals surface area contributed by atoms with Gasteiger partial charge in [-0.3, -0.25) is 4.79 Å². The molecule has 0 atom stereocenters. The number of ether oxygens (including phenoxy) is 1. The van der Waals surface area contributed by atoms with E-state index in [2.05, 4.69) is 9.97 Å². The van der Waals surface area contributed by atoms with E-state index in [9.17, 15) is 4.79 Å². The predicted molar refractivity (Wildman–Crippen MR) is 77.5 cm³/mol. The summed E-state index contributed by atoms with van der Waals surface area (Å²) in [7, 11) is 0. The Kier molecular flexibility index (Phi) is 3.21. The summed E-state index contributed by atoms with van der Waals surface area (Å²) in [6, 6.07) is 15.3. The summed E-state index contributed by atoms with van der Waals surface area (Å²) in [6.45, 7) is 1.77. The van der Waals surface area contributed by atoms with Gasteiger partial charge in [0.2, 0.25) is 0 Å². The summed E-state index contributed by atoms with van der Waals surface area (Å²) in [5.74, 6) is 1.10. The van der Waals surface area contributed by atoms with Crippen molar-refractivity contribution in [1.29, 1.82) is 0 Å². The van der Waals surface area contributed by atoms with Crippen LogP contribution in [0.2, 0.25) is 0 Å². The number of fused-ring (bicyclic) bond motifs is 1. The molecular formula is C16H14N2O2. The van der Waals surface area contributed by atoms with Gasteiger partial charge in [-0.05, 0) is 12.1 Å². The monoisotopic (exact) mass is 266 g/mol. The molecular weight excluding hydrogens is 252 g/mol. The first-order chi connectivity index (χ1) is 9.76. The Morgan fingerprint density at radius 2 is 2.00 bits per heavy atom. The molecule has 20 heavy (non-hydrogen) atoms. The first-order valence-electron chi connectivity index (χ1n) is 6.52. The lowest BCUT2D eigenvalue weighted by Gasteiger charge is -2.01. The number of nitrogens with one attached hydrogen (secondary N) is 1. The van der Waals surface area contributed by atoms with Crippen LogP contribution in [0.25, 0.3) is 22.4 Å². The Labute approximate surface area is 116 Å². The van der Waals surface area contributed by atoms with Crippen LogP contribution in [0.4, 0.5) is 0 Å². The Morgan fingerprint density at radius 3 is 2.75 bits per heavy atom. The number of H-pyrrole nitrogens is 1. The predicted octanol–water partition coefficient (Wildman–Crippen LogP) is 3.55. The van der Waals surface area contributed by atoms with Gasteiger partial charge in [0.25, 0.3) is 0 Å². The van der Waals surface area contributed by atoms with E-state index in [4.69, 9.17) is 4.74 Å². The van der Waals surface area contributed by atoms with E-state index in [-0.39, 0.29) is 5.97 Å². The van der Waals surface area contributed by atoms with Crippen molar-refractivity contribution in [2.45, 2.75) is 13.3 Å². The minimum Gasteiger partial charge on any atom is -0.426 e. The normalized spacial score (nSPS) is 10.7. The second-order valence-electron chi connectivity index (χ2n) is 4.46. The minimum absolute atomic E-state index is 0.243. The van der Waals surface area contributed by atoms with Crippen molar-refractivity contribution in [3.8, 4) is 17.1 Å². The third-order valence-corrected chi connectivity index (χ3v) is 3.02. The second kappa shape index (κ2) is 5.17. The van der Waals surface area contributed by atoms with Crippen LogP contribution in [0, 0.1) is 0 Å². The van der Waals surface area contributed by atoms with Gasteiger partial charge < -0.3 is 9.72 Å². The van der Waals surface area contributed by atoms with Crippen LogP contribution >= 0.6 is 0 Å². The van der Waals surface area contributed by atoms with Crippen LogP contribution in [-0.2, 0) is 4.79 Å². The first kappa shape index (κ1) is 12.4. The fraction of sp³-hybridized carbons (Fsp3) is 0.125. The van der Waals surface area contributed by atoms with Crippen LogP contribution in [0.3, 0.4) is 0 Å². The van der Waals surface area contributed by atoms with Crippen LogP contribution < -0.4 is 4.74 Å². The summed E-state index contributed by atoms with van der Waals surface area (Å²) < 4.78 is 5.20. The molecule has 0 aliphatic heterocycles. The average Bonchev–Trinajstić information content (AvgIpc) is 2.91. The Balaban J connectivity index is 1.97. The molecule has 0 fully saturated rings. The number of nitrogens with zero attached hydrogens (tertiary/aromatic N) is 1. The van der Waals surface area contributed by atoms with Gasteiger partial charge in [0.15, 0.2) is 0 Å². The van der Waals surface area contributed by atoms with Crippen molar-refractivity contribution in [1.82, 2.24) is 9.97 Å². The lowest BCUT2D eigenvalue weighted by molar-refractivity contribution is -0.134. The largest absolute Gasteiger partial charge is 0.426 e. The van der Waals surface area contributed by atoms with E-state index >= 15 is 0 Å². The summed E-state index contributed by atoms with van der Waals surface area (Å²) in [5, 5.41) is 0. The quantitative estimate of drug-likeness (QED) is 0.582. The van der Waals surface area contributed by atoms with E-state index in [1.165, 1.54) is 0 Å². The van der Waals surface area contributed by atoms with Crippen molar-refractivity contribution in [3.05, 3.63) is 48.5 Å². The molecule has 4 nitrogen and oxygen atoms in total. The van der Waals surface area contributed by atoms with Gasteiger partial charge in [-0.25, -0.2) is 4.98 Å². The van der Waals surface area contributed by atoms with Gasteiger partial charge in [-0.2, -0.15) is 0 Å². The fourth-order valence-corrected chi connectivity index (χ4v) is 1.99. The molecule has 2 aromatic carbocycles. The molecule has 100 valence electrons. The maximum atomic E-state index is 11.3. The number of rotatable bonds is 3. The van der Waals surface area contributed by atoms with Crippen molar-refractivity contribution in [2.75, 3.05) is 0 Å². The molecule has 0 radical (unpaired) electrons. The highest BCUT2D eigenvalue weighted by molar-refractivity contribution is 5.82. The third kappa shape index (κ3) is 2.40. The number of carbonyl (C=O) groups excluding carboxylic acids is 1. The number of aromatic amines is 1. The summed E-state index contributed by atoms with van der Waals surface area (Å²) >= 11 is 0. The van der Waals surface area contributed by atoms with Gasteiger partial charge >= 0.3 is 5.97 Å². The molecule has 0 bridgehead atoms. The molecule has 0 amide bonds. The maximum absolute atomic E-state index is 11.3. The van der Waals surface area contributed by atoms with E-state index in [1.807, 2.05) is 36.4 Å². The molecule has 1 aromatic heterocycles. The smallest absolute Gasteiger partial charge is 0.310 e. The molecule has 3 aromatic rings. The Bertz CT molecular complexity index is 748. The SMILES string of the molecule is CCC(=O)Oc1ccc2nc(-c3ccccc3)[nH]c2c1. The standard InChI is InChI=1S/C16H14N2O2/c1-2-15(19)20-12-8-9-13-14(10-12)18-16(17-13)11-6-4-3-5-7-11/h3-10H,2H2,1H3,(H,17,18). The maximum Gasteiger partial charge on any atom is 0.310 e. The molecule has 1 heterocycles. The van der Waals surface area contributed by atoms with Crippen LogP contribution in [0.1, 0.15) is 13.3 Å². The van der Waals surface area contributed by atoms with Crippen molar-refractivity contribution < 1.29 is 9.53 Å². The Hall–Kier alpha value is -2.62. The van der Waals surface area contributed by atoms with E-state index in [1.54, 1.807) is 19.1 Å². The number of imidazole rings is 1. The van der Waals surface area contributed by atoms with Crippen LogP contribution in [0.5, 0.6) is 5.75 Å². The number of hydrogen-bond donors (Lipinski definition) is 1. The third-order valence-electron chi connectivity index (χ3n) is 3.02. The molecule has 0 saturated heterocycles. The van der Waals surface area contributed by atoms with Gasteiger partial charge in [0.05, 0.1) is 11.0 Å². The highest BCUT2D eigenvalue weighted by Crippen LogP contribution is 2.23. The summed E-state index contributed by atoms with van der Waals surface area (Å²) in [4.78, 5) is 19.1. The number of benzene rings is 2. The first-order valence-corrected chi connectivity index (χ1v) is 6.52. The highest BCUT2D eigenvalue weighted by atomic mass is 16.5. The summed E-state index contributed by atoms with van der Waals surface area (Å²) in [5.41, 5.74) is 2.72. The van der Waals surface area contributed by atoms with Gasteiger partial charge in [0, 0.05) is 18.1 Å². The molecule has 3 rings (SSSR count). The highest BCUT2D eigenvalue weighted by Gasteiger charge is 2.07. The van der Waals surface area contributed by atoms with Gasteiger partial charge in [-0.1, -0.05) is 37.3 Å². The summed E-state index contributed by atoms with van der Waals surface area (Å²) in [6.07, 6.45) is 0.357. The molecule has 0 spiro atoms. The van der Waals surface area contributed by atoms with E-state index < -0.39 is 0 Å². The fourth-order valence-electron chi connectivity index (χ4n) is 1.99. The topological polar surface area (TPSA) is 55.0 Å².